The number of fused-ring (bicyclic) bond motifs is 1. The molecule has 1 heterocycles. The van der Waals surface area contributed by atoms with Crippen LogP contribution in [0.3, 0.4) is 0 Å². The van der Waals surface area contributed by atoms with Gasteiger partial charge in [0.25, 0.3) is 0 Å². The van der Waals surface area contributed by atoms with E-state index in [1.54, 1.807) is 20.8 Å². The lowest BCUT2D eigenvalue weighted by Crippen LogP contribution is -2.46. The molecule has 0 radical (unpaired) electrons. The molecule has 196 valence electrons. The average Bonchev–Trinajstić information content (AvgIpc) is 2.72. The molecule has 5 nitrogen and oxygen atoms in total. The number of primary amides is 1. The lowest BCUT2D eigenvalue weighted by molar-refractivity contribution is -0.143. The lowest BCUT2D eigenvalue weighted by atomic mass is 9.74. The fraction of sp³-hybridized carbons (Fsp3) is 0.417. The van der Waals surface area contributed by atoms with E-state index in [2.05, 4.69) is 0 Å². The number of anilines is 1. The van der Waals surface area contributed by atoms with E-state index >= 15 is 0 Å². The van der Waals surface area contributed by atoms with Crippen LogP contribution in [0.1, 0.15) is 61.3 Å². The summed E-state index contributed by atoms with van der Waals surface area (Å²) in [5.74, 6) is -4.79. The van der Waals surface area contributed by atoms with Crippen molar-refractivity contribution in [2.45, 2.75) is 63.5 Å². The minimum Gasteiger partial charge on any atom is -0.446 e. The van der Waals surface area contributed by atoms with Gasteiger partial charge in [-0.1, -0.05) is 0 Å². The number of hydrogen-bond acceptors (Lipinski definition) is 3. The molecule has 0 unspecified atom stereocenters. The predicted molar refractivity (Wildman–Crippen MR) is 116 cm³/mol. The molecular formula is C24H23F7N2O3. The quantitative estimate of drug-likeness (QED) is 0.477. The van der Waals surface area contributed by atoms with Crippen LogP contribution in [0.4, 0.5) is 41.2 Å². The molecule has 2 aromatic carbocycles. The van der Waals surface area contributed by atoms with E-state index in [-0.39, 0.29) is 23.7 Å². The van der Waals surface area contributed by atoms with Crippen LogP contribution in [0.25, 0.3) is 0 Å². The number of carbonyl (C=O) groups is 2. The van der Waals surface area contributed by atoms with Crippen LogP contribution in [0.15, 0.2) is 36.4 Å². The van der Waals surface area contributed by atoms with Gasteiger partial charge >= 0.3 is 18.4 Å². The van der Waals surface area contributed by atoms with Gasteiger partial charge in [0.2, 0.25) is 5.91 Å². The third-order valence-electron chi connectivity index (χ3n) is 5.90. The zero-order valence-electron chi connectivity index (χ0n) is 19.4. The highest BCUT2D eigenvalue weighted by molar-refractivity contribution is 5.91. The van der Waals surface area contributed by atoms with Gasteiger partial charge in [0.05, 0.1) is 28.8 Å². The molecule has 0 spiro atoms. The van der Waals surface area contributed by atoms with Crippen LogP contribution < -0.4 is 10.6 Å². The van der Waals surface area contributed by atoms with E-state index < -0.39 is 70.8 Å². The Morgan fingerprint density at radius 1 is 1.00 bits per heavy atom. The van der Waals surface area contributed by atoms with Crippen molar-refractivity contribution < 1.29 is 45.1 Å². The molecule has 0 aliphatic carbocycles. The maximum atomic E-state index is 14.3. The minimum absolute atomic E-state index is 0.0311. The molecule has 0 fully saturated rings. The first-order valence-electron chi connectivity index (χ1n) is 10.9. The zero-order chi connectivity index (χ0) is 27.2. The number of benzene rings is 2. The van der Waals surface area contributed by atoms with Crippen LogP contribution in [0.2, 0.25) is 0 Å². The van der Waals surface area contributed by atoms with Gasteiger partial charge in [0, 0.05) is 12.0 Å². The summed E-state index contributed by atoms with van der Waals surface area (Å²) >= 11 is 0. The number of amides is 2. The number of ether oxygens (including phenoxy) is 1. The maximum absolute atomic E-state index is 14.3. The Hall–Kier alpha value is -3.31. The molecule has 36 heavy (non-hydrogen) atoms. The number of alkyl halides is 6. The summed E-state index contributed by atoms with van der Waals surface area (Å²) in [5.41, 5.74) is 1.83. The Balaban J connectivity index is 2.22. The van der Waals surface area contributed by atoms with Gasteiger partial charge in [0.15, 0.2) is 0 Å². The van der Waals surface area contributed by atoms with Crippen molar-refractivity contribution in [2.75, 3.05) is 4.90 Å². The average molecular weight is 520 g/mol. The largest absolute Gasteiger partial charge is 0.446 e. The van der Waals surface area contributed by atoms with Gasteiger partial charge in [0.1, 0.15) is 5.82 Å². The first kappa shape index (κ1) is 27.3. The van der Waals surface area contributed by atoms with Crippen molar-refractivity contribution >= 4 is 17.7 Å². The molecule has 0 aromatic heterocycles. The Morgan fingerprint density at radius 2 is 1.56 bits per heavy atom. The highest BCUT2D eigenvalue weighted by Gasteiger charge is 2.43. The fourth-order valence-electron chi connectivity index (χ4n) is 4.48. The molecule has 0 saturated heterocycles. The van der Waals surface area contributed by atoms with E-state index in [1.807, 2.05) is 0 Å². The number of hydrogen-bond donors (Lipinski definition) is 1. The second kappa shape index (κ2) is 9.62. The smallest absolute Gasteiger partial charge is 0.416 e. The minimum atomic E-state index is -5.14. The van der Waals surface area contributed by atoms with Gasteiger partial charge in [-0.15, -0.1) is 0 Å². The van der Waals surface area contributed by atoms with Crippen LogP contribution >= 0.6 is 0 Å². The molecule has 0 bridgehead atoms. The van der Waals surface area contributed by atoms with Crippen molar-refractivity contribution in [3.05, 3.63) is 64.5 Å². The molecule has 2 aromatic rings. The normalized spacial score (nSPS) is 19.1. The summed E-state index contributed by atoms with van der Waals surface area (Å²) in [4.78, 5) is 26.5. The Kier molecular flexibility index (Phi) is 7.29. The van der Waals surface area contributed by atoms with Gasteiger partial charge in [-0.05, 0) is 74.7 Å². The molecule has 1 aliphatic rings. The number of halogens is 7. The highest BCUT2D eigenvalue weighted by atomic mass is 19.4. The first-order chi connectivity index (χ1) is 16.5. The molecular weight excluding hydrogens is 497 g/mol. The summed E-state index contributed by atoms with van der Waals surface area (Å²) in [6.07, 6.45) is -11.7. The standard InChI is InChI=1S/C24H23F7N2O3/c1-11(2)36-22(35)33-12(3)6-18(17-10-16(25)4-5-19(17)33)20(21(32)34)13-7-14(23(26,27)28)9-15(8-13)24(29,30)31/h4-5,7-12,18,20H,6H2,1-3H3,(H2,32,34)/t12-,18+,20-/m1/s1. The second-order valence-corrected chi connectivity index (χ2v) is 8.92. The Morgan fingerprint density at radius 3 is 2.03 bits per heavy atom. The lowest BCUT2D eigenvalue weighted by Gasteiger charge is -2.41. The van der Waals surface area contributed by atoms with Gasteiger partial charge in [-0.2, -0.15) is 26.3 Å². The van der Waals surface area contributed by atoms with Crippen LogP contribution in [0.5, 0.6) is 0 Å². The Labute approximate surface area is 202 Å². The third kappa shape index (κ3) is 5.57. The van der Waals surface area contributed by atoms with E-state index in [4.69, 9.17) is 10.5 Å². The number of carbonyl (C=O) groups excluding carboxylic acids is 2. The highest BCUT2D eigenvalue weighted by Crippen LogP contribution is 2.48. The summed E-state index contributed by atoms with van der Waals surface area (Å²) in [6, 6.07) is 3.36. The number of rotatable bonds is 4. The van der Waals surface area contributed by atoms with Crippen LogP contribution in [-0.2, 0) is 21.9 Å². The molecule has 2 amide bonds. The SMILES string of the molecule is CC(C)OC(=O)N1c2ccc(F)cc2[C@@H]([C@H](C(N)=O)c2cc(C(F)(F)F)cc(C(F)(F)F)c2)C[C@H]1C. The monoisotopic (exact) mass is 520 g/mol. The van der Waals surface area contributed by atoms with E-state index in [9.17, 15) is 40.3 Å². The van der Waals surface area contributed by atoms with Crippen LogP contribution in [0, 0.1) is 5.82 Å². The molecule has 3 rings (SSSR count). The predicted octanol–water partition coefficient (Wildman–Crippen LogP) is 6.36. The zero-order valence-corrected chi connectivity index (χ0v) is 19.4. The van der Waals surface area contributed by atoms with E-state index in [1.165, 1.54) is 11.0 Å². The third-order valence-corrected chi connectivity index (χ3v) is 5.90. The molecule has 1 aliphatic heterocycles. The summed E-state index contributed by atoms with van der Waals surface area (Å²) in [5, 5.41) is 0. The molecule has 0 saturated carbocycles. The van der Waals surface area contributed by atoms with E-state index in [0.29, 0.717) is 12.1 Å². The summed E-state index contributed by atoms with van der Waals surface area (Å²) < 4.78 is 100. The van der Waals surface area contributed by atoms with Crippen molar-refractivity contribution in [3.63, 3.8) is 0 Å². The molecule has 3 atom stereocenters. The summed E-state index contributed by atoms with van der Waals surface area (Å²) in [6.45, 7) is 4.78. The topological polar surface area (TPSA) is 72.6 Å². The van der Waals surface area contributed by atoms with Gasteiger partial charge in [-0.3, -0.25) is 9.69 Å². The maximum Gasteiger partial charge on any atom is 0.416 e. The number of nitrogens with two attached hydrogens (primary N) is 1. The number of nitrogens with zero attached hydrogens (tertiary/aromatic N) is 1. The van der Waals surface area contributed by atoms with Crippen molar-refractivity contribution in [1.29, 1.82) is 0 Å². The van der Waals surface area contributed by atoms with Crippen molar-refractivity contribution in [3.8, 4) is 0 Å². The van der Waals surface area contributed by atoms with Gasteiger partial charge < -0.3 is 10.5 Å². The first-order valence-corrected chi connectivity index (χ1v) is 10.9. The fourth-order valence-corrected chi connectivity index (χ4v) is 4.48. The Bertz CT molecular complexity index is 1130. The van der Waals surface area contributed by atoms with Crippen molar-refractivity contribution in [1.82, 2.24) is 0 Å². The van der Waals surface area contributed by atoms with E-state index in [0.717, 1.165) is 12.1 Å². The summed E-state index contributed by atoms with van der Waals surface area (Å²) in [7, 11) is 0. The molecule has 12 heteroatoms. The molecule has 2 N–H and O–H groups in total. The van der Waals surface area contributed by atoms with Gasteiger partial charge in [-0.25, -0.2) is 9.18 Å². The van der Waals surface area contributed by atoms with Crippen LogP contribution in [-0.4, -0.2) is 24.1 Å². The second-order valence-electron chi connectivity index (χ2n) is 8.92. The van der Waals surface area contributed by atoms with Crippen molar-refractivity contribution in [2.24, 2.45) is 5.73 Å².